The number of benzene rings is 1. The van der Waals surface area contributed by atoms with Gasteiger partial charge in [-0.1, -0.05) is 12.1 Å². The highest BCUT2D eigenvalue weighted by Gasteiger charge is 2.39. The van der Waals surface area contributed by atoms with Crippen molar-refractivity contribution >= 4 is 11.8 Å². The van der Waals surface area contributed by atoms with E-state index in [4.69, 9.17) is 4.74 Å². The normalized spacial score (nSPS) is 12.0. The van der Waals surface area contributed by atoms with Crippen molar-refractivity contribution in [1.82, 2.24) is 15.1 Å². The number of anilines is 1. The van der Waals surface area contributed by atoms with Gasteiger partial charge in [0, 0.05) is 12.6 Å². The van der Waals surface area contributed by atoms with Crippen LogP contribution in [0.4, 0.5) is 23.8 Å². The summed E-state index contributed by atoms with van der Waals surface area (Å²) in [4.78, 5) is 12.2. The van der Waals surface area contributed by atoms with Gasteiger partial charge in [0.05, 0.1) is 12.7 Å². The highest BCUT2D eigenvalue weighted by molar-refractivity contribution is 5.94. The molecule has 2 N–H and O–H groups in total. The van der Waals surface area contributed by atoms with Crippen molar-refractivity contribution in [3.05, 3.63) is 30.0 Å². The van der Waals surface area contributed by atoms with E-state index < -0.39 is 23.4 Å². The zero-order valence-electron chi connectivity index (χ0n) is 15.2. The summed E-state index contributed by atoms with van der Waals surface area (Å²) >= 11 is 0. The molecule has 142 valence electrons. The number of alkyl halides is 3. The molecule has 2 aromatic rings. The van der Waals surface area contributed by atoms with E-state index in [9.17, 15) is 18.0 Å². The van der Waals surface area contributed by atoms with Gasteiger partial charge >= 0.3 is 12.2 Å². The molecule has 0 radical (unpaired) electrons. The number of halogens is 3. The molecule has 26 heavy (non-hydrogen) atoms. The highest BCUT2D eigenvalue weighted by Crippen LogP contribution is 2.41. The minimum Gasteiger partial charge on any atom is -0.497 e. The Kier molecular flexibility index (Phi) is 5.20. The summed E-state index contributed by atoms with van der Waals surface area (Å²) in [6.45, 7) is 5.30. The van der Waals surface area contributed by atoms with Crippen LogP contribution in [0.25, 0.3) is 11.1 Å². The van der Waals surface area contributed by atoms with E-state index >= 15 is 0 Å². The number of ether oxygens (including phenoxy) is 1. The number of urea groups is 1. The van der Waals surface area contributed by atoms with E-state index in [1.807, 2.05) is 0 Å². The molecule has 0 bridgehead atoms. The van der Waals surface area contributed by atoms with Gasteiger partial charge in [-0.05, 0) is 38.5 Å². The second-order valence-electron chi connectivity index (χ2n) is 6.75. The number of hydrogen-bond acceptors (Lipinski definition) is 3. The smallest absolute Gasteiger partial charge is 0.435 e. The number of carbonyl (C=O) groups excluding carboxylic acids is 1. The number of aromatic nitrogens is 2. The van der Waals surface area contributed by atoms with Crippen LogP contribution in [0.2, 0.25) is 0 Å². The van der Waals surface area contributed by atoms with Crippen LogP contribution in [-0.2, 0) is 13.2 Å². The molecule has 0 spiro atoms. The Bertz CT molecular complexity index is 790. The third-order valence-electron chi connectivity index (χ3n) is 3.41. The Morgan fingerprint density at radius 2 is 1.73 bits per heavy atom. The number of nitrogens with one attached hydrogen (secondary N) is 2. The molecule has 0 aliphatic rings. The maximum Gasteiger partial charge on any atom is 0.435 e. The SMILES string of the molecule is COc1ccc(-c2c(C(F)(F)F)nn(C)c2NC(=O)NC(C)(C)C)cc1. The first-order chi connectivity index (χ1) is 11.9. The summed E-state index contributed by atoms with van der Waals surface area (Å²) in [5.41, 5.74) is -1.56. The molecule has 0 aliphatic heterocycles. The topological polar surface area (TPSA) is 68.2 Å². The van der Waals surface area contributed by atoms with Gasteiger partial charge in [0.2, 0.25) is 0 Å². The third kappa shape index (κ3) is 4.47. The minimum atomic E-state index is -4.67. The van der Waals surface area contributed by atoms with Crippen LogP contribution in [0.5, 0.6) is 5.75 Å². The van der Waals surface area contributed by atoms with Crippen molar-refractivity contribution in [2.75, 3.05) is 12.4 Å². The molecule has 2 amide bonds. The van der Waals surface area contributed by atoms with E-state index in [0.717, 1.165) is 4.68 Å². The fourth-order valence-corrected chi connectivity index (χ4v) is 2.38. The Balaban J connectivity index is 2.53. The number of rotatable bonds is 3. The van der Waals surface area contributed by atoms with Crippen molar-refractivity contribution in [2.24, 2.45) is 7.05 Å². The number of amides is 2. The molecule has 6 nitrogen and oxygen atoms in total. The summed E-state index contributed by atoms with van der Waals surface area (Å²) < 4.78 is 46.4. The fraction of sp³-hybridized carbons (Fsp3) is 0.412. The molecule has 1 aromatic heterocycles. The maximum absolute atomic E-state index is 13.5. The van der Waals surface area contributed by atoms with Gasteiger partial charge in [0.1, 0.15) is 11.6 Å². The lowest BCUT2D eigenvalue weighted by molar-refractivity contribution is -0.140. The summed E-state index contributed by atoms with van der Waals surface area (Å²) in [5, 5.41) is 8.69. The molecule has 0 fully saturated rings. The molecular weight excluding hydrogens is 349 g/mol. The molecular formula is C17H21F3N4O2. The van der Waals surface area contributed by atoms with Crippen LogP contribution in [0.1, 0.15) is 26.5 Å². The van der Waals surface area contributed by atoms with E-state index in [-0.39, 0.29) is 16.9 Å². The van der Waals surface area contributed by atoms with Crippen LogP contribution in [0, 0.1) is 0 Å². The quantitative estimate of drug-likeness (QED) is 0.857. The van der Waals surface area contributed by atoms with Crippen molar-refractivity contribution in [3.8, 4) is 16.9 Å². The van der Waals surface area contributed by atoms with Crippen LogP contribution >= 0.6 is 0 Å². The standard InChI is InChI=1S/C17H21F3N4O2/c1-16(2,3)22-15(25)21-14-12(10-6-8-11(26-5)9-7-10)13(17(18,19)20)23-24(14)4/h6-9H,1-5H3,(H2,21,22,25). The van der Waals surface area contributed by atoms with Gasteiger partial charge in [-0.3, -0.25) is 10.00 Å². The van der Waals surface area contributed by atoms with E-state index in [2.05, 4.69) is 15.7 Å². The number of aryl methyl sites for hydroxylation is 1. The lowest BCUT2D eigenvalue weighted by Crippen LogP contribution is -2.43. The van der Waals surface area contributed by atoms with Crippen molar-refractivity contribution in [3.63, 3.8) is 0 Å². The van der Waals surface area contributed by atoms with Crippen molar-refractivity contribution in [2.45, 2.75) is 32.5 Å². The summed E-state index contributed by atoms with van der Waals surface area (Å²) in [6, 6.07) is 5.43. The van der Waals surface area contributed by atoms with Gasteiger partial charge in [0.15, 0.2) is 5.69 Å². The number of methoxy groups -OCH3 is 1. The Hall–Kier alpha value is -2.71. The molecule has 0 saturated heterocycles. The number of hydrogen-bond donors (Lipinski definition) is 2. The second-order valence-corrected chi connectivity index (χ2v) is 6.75. The van der Waals surface area contributed by atoms with Crippen LogP contribution in [0.3, 0.4) is 0 Å². The molecule has 9 heteroatoms. The first kappa shape index (κ1) is 19.6. The van der Waals surface area contributed by atoms with Crippen LogP contribution < -0.4 is 15.4 Å². The van der Waals surface area contributed by atoms with Crippen LogP contribution in [0.15, 0.2) is 24.3 Å². The van der Waals surface area contributed by atoms with Crippen LogP contribution in [-0.4, -0.2) is 28.5 Å². The van der Waals surface area contributed by atoms with Gasteiger partial charge in [-0.2, -0.15) is 18.3 Å². The third-order valence-corrected chi connectivity index (χ3v) is 3.41. The summed E-state index contributed by atoms with van der Waals surface area (Å²) in [7, 11) is 2.80. The highest BCUT2D eigenvalue weighted by atomic mass is 19.4. The number of nitrogens with zero attached hydrogens (tertiary/aromatic N) is 2. The van der Waals surface area contributed by atoms with E-state index in [1.165, 1.54) is 26.3 Å². The lowest BCUT2D eigenvalue weighted by Gasteiger charge is -2.21. The Labute approximate surface area is 149 Å². The van der Waals surface area contributed by atoms with E-state index in [1.54, 1.807) is 32.9 Å². The monoisotopic (exact) mass is 370 g/mol. The molecule has 2 rings (SSSR count). The largest absolute Gasteiger partial charge is 0.497 e. The predicted octanol–water partition coefficient (Wildman–Crippen LogP) is 4.03. The molecule has 0 unspecified atom stereocenters. The first-order valence-corrected chi connectivity index (χ1v) is 7.80. The van der Waals surface area contributed by atoms with E-state index in [0.29, 0.717) is 5.75 Å². The summed E-state index contributed by atoms with van der Waals surface area (Å²) in [5.74, 6) is 0.454. The predicted molar refractivity (Wildman–Crippen MR) is 92.1 cm³/mol. The first-order valence-electron chi connectivity index (χ1n) is 7.80. The minimum absolute atomic E-state index is 0.0516. The molecule has 0 aliphatic carbocycles. The number of carbonyl (C=O) groups is 1. The lowest BCUT2D eigenvalue weighted by atomic mass is 10.0. The fourth-order valence-electron chi connectivity index (χ4n) is 2.38. The Morgan fingerprint density at radius 1 is 1.15 bits per heavy atom. The zero-order valence-corrected chi connectivity index (χ0v) is 15.2. The van der Waals surface area contributed by atoms with Gasteiger partial charge < -0.3 is 10.1 Å². The average molecular weight is 370 g/mol. The zero-order chi connectivity index (χ0) is 19.7. The molecule has 0 atom stereocenters. The molecule has 1 heterocycles. The Morgan fingerprint density at radius 3 is 2.19 bits per heavy atom. The summed E-state index contributed by atoms with van der Waals surface area (Å²) in [6.07, 6.45) is -4.67. The van der Waals surface area contributed by atoms with Crippen molar-refractivity contribution in [1.29, 1.82) is 0 Å². The van der Waals surface area contributed by atoms with Gasteiger partial charge in [-0.15, -0.1) is 0 Å². The van der Waals surface area contributed by atoms with Gasteiger partial charge in [-0.25, -0.2) is 4.79 Å². The van der Waals surface area contributed by atoms with Gasteiger partial charge in [0.25, 0.3) is 0 Å². The second kappa shape index (κ2) is 6.89. The molecule has 0 saturated carbocycles. The molecule has 1 aromatic carbocycles. The maximum atomic E-state index is 13.5. The average Bonchev–Trinajstić information content (AvgIpc) is 2.82. The van der Waals surface area contributed by atoms with Crippen molar-refractivity contribution < 1.29 is 22.7 Å².